The second kappa shape index (κ2) is 9.71. The third-order valence-corrected chi connectivity index (χ3v) is 5.06. The molecule has 0 saturated carbocycles. The summed E-state index contributed by atoms with van der Waals surface area (Å²) < 4.78 is 8.48. The monoisotopic (exact) mass is 468 g/mol. The Bertz CT molecular complexity index is 1080. The molecule has 158 valence electrons. The maximum Gasteiger partial charge on any atom is 0.349 e. The van der Waals surface area contributed by atoms with Crippen molar-refractivity contribution in [1.82, 2.24) is 10.6 Å². The summed E-state index contributed by atoms with van der Waals surface area (Å²) in [6.45, 7) is 0.414. The van der Waals surface area contributed by atoms with Crippen LogP contribution >= 0.6 is 34.8 Å². The third-order valence-electron chi connectivity index (χ3n) is 4.41. The summed E-state index contributed by atoms with van der Waals surface area (Å²) >= 11 is 18.1. The van der Waals surface area contributed by atoms with Gasteiger partial charge in [-0.15, -0.1) is 0 Å². The molecule has 30 heavy (non-hydrogen) atoms. The van der Waals surface area contributed by atoms with E-state index in [4.69, 9.17) is 44.0 Å². The Balaban J connectivity index is 1.69. The molecule has 0 aliphatic rings. The van der Waals surface area contributed by atoms with Crippen LogP contribution in [0.4, 0.5) is 0 Å². The molecule has 2 N–H and O–H groups in total. The summed E-state index contributed by atoms with van der Waals surface area (Å²) in [7, 11) is 1.60. The van der Waals surface area contributed by atoms with E-state index in [2.05, 4.69) is 10.6 Å². The first-order valence-electron chi connectivity index (χ1n) is 9.05. The number of para-hydroxylation sites is 1. The van der Waals surface area contributed by atoms with Gasteiger partial charge >= 0.3 is 5.63 Å². The first-order valence-corrected chi connectivity index (χ1v) is 10.2. The Morgan fingerprint density at radius 1 is 1.13 bits per heavy atom. The lowest BCUT2D eigenvalue weighted by atomic mass is 10.1. The number of benzene rings is 2. The summed E-state index contributed by atoms with van der Waals surface area (Å²) in [6.07, 6.45) is -0.408. The Kier molecular flexibility index (Phi) is 7.26. The zero-order valence-corrected chi connectivity index (χ0v) is 18.2. The molecule has 1 atom stereocenters. The molecule has 6 nitrogen and oxygen atoms in total. The molecular formula is C21H19Cl3N2O4. The van der Waals surface area contributed by atoms with Gasteiger partial charge in [-0.3, -0.25) is 10.1 Å². The van der Waals surface area contributed by atoms with E-state index < -0.39 is 21.5 Å². The van der Waals surface area contributed by atoms with Crippen molar-refractivity contribution in [3.8, 4) is 5.75 Å². The average Bonchev–Trinajstić information content (AvgIpc) is 2.72. The van der Waals surface area contributed by atoms with E-state index in [1.54, 1.807) is 31.4 Å². The molecule has 0 aliphatic heterocycles. The normalized spacial score (nSPS) is 12.5. The minimum atomic E-state index is -1.84. The van der Waals surface area contributed by atoms with Crippen LogP contribution in [-0.4, -0.2) is 29.5 Å². The van der Waals surface area contributed by atoms with Crippen molar-refractivity contribution in [3.63, 3.8) is 0 Å². The molecule has 0 aliphatic carbocycles. The number of rotatable bonds is 7. The molecule has 1 aromatic heterocycles. The summed E-state index contributed by atoms with van der Waals surface area (Å²) in [5.74, 6) is 0.0510. The van der Waals surface area contributed by atoms with Crippen molar-refractivity contribution in [2.75, 3.05) is 13.7 Å². The number of methoxy groups -OCH3 is 1. The average molecular weight is 470 g/mol. The van der Waals surface area contributed by atoms with Crippen LogP contribution in [0.2, 0.25) is 0 Å². The first kappa shape index (κ1) is 22.4. The maximum atomic E-state index is 12.7. The fraction of sp³-hybridized carbons (Fsp3) is 0.238. The van der Waals surface area contributed by atoms with Gasteiger partial charge in [-0.25, -0.2) is 4.79 Å². The second-order valence-electron chi connectivity index (χ2n) is 6.49. The van der Waals surface area contributed by atoms with Crippen molar-refractivity contribution in [3.05, 3.63) is 76.1 Å². The minimum Gasteiger partial charge on any atom is -0.497 e. The zero-order valence-electron chi connectivity index (χ0n) is 16.0. The van der Waals surface area contributed by atoms with E-state index in [9.17, 15) is 9.59 Å². The van der Waals surface area contributed by atoms with Gasteiger partial charge in [0.2, 0.25) is 3.79 Å². The van der Waals surface area contributed by atoms with E-state index in [0.717, 1.165) is 11.3 Å². The van der Waals surface area contributed by atoms with Crippen molar-refractivity contribution in [2.24, 2.45) is 0 Å². The van der Waals surface area contributed by atoms with E-state index in [0.29, 0.717) is 23.9 Å². The maximum absolute atomic E-state index is 12.7. The lowest BCUT2D eigenvalue weighted by molar-refractivity contribution is 0.0926. The SMILES string of the molecule is COc1ccc(CCNC(NC(=O)c2cc3ccccc3oc2=O)C(Cl)(Cl)Cl)cc1. The number of alkyl halides is 3. The number of ether oxygens (including phenoxy) is 1. The number of carbonyl (C=O) groups excluding carboxylic acids is 1. The highest BCUT2D eigenvalue weighted by Gasteiger charge is 2.34. The zero-order chi connectivity index (χ0) is 21.7. The highest BCUT2D eigenvalue weighted by Crippen LogP contribution is 2.29. The fourth-order valence-corrected chi connectivity index (χ4v) is 3.23. The standard InChI is InChI=1S/C21H19Cl3N2O4/c1-29-15-8-6-13(7-9-15)10-11-25-20(21(22,23)24)26-18(27)16-12-14-4-2-3-5-17(14)30-19(16)28/h2-9,12,20,25H,10-11H2,1H3,(H,26,27). The number of hydrogen-bond acceptors (Lipinski definition) is 5. The van der Waals surface area contributed by atoms with E-state index in [1.165, 1.54) is 6.07 Å². The predicted molar refractivity (Wildman–Crippen MR) is 119 cm³/mol. The smallest absolute Gasteiger partial charge is 0.349 e. The van der Waals surface area contributed by atoms with Gasteiger partial charge in [0.25, 0.3) is 5.91 Å². The van der Waals surface area contributed by atoms with Gasteiger partial charge < -0.3 is 14.5 Å². The van der Waals surface area contributed by atoms with Crippen LogP contribution in [-0.2, 0) is 6.42 Å². The Labute approximate surface area is 188 Å². The van der Waals surface area contributed by atoms with Gasteiger partial charge in [-0.05, 0) is 36.2 Å². The topological polar surface area (TPSA) is 80.6 Å². The van der Waals surface area contributed by atoms with Gasteiger partial charge in [0.05, 0.1) is 7.11 Å². The van der Waals surface area contributed by atoms with E-state index in [-0.39, 0.29) is 5.56 Å². The van der Waals surface area contributed by atoms with Crippen LogP contribution in [0.15, 0.2) is 63.8 Å². The molecule has 1 unspecified atom stereocenters. The minimum absolute atomic E-state index is 0.176. The Morgan fingerprint density at radius 3 is 2.50 bits per heavy atom. The van der Waals surface area contributed by atoms with Crippen molar-refractivity contribution in [1.29, 1.82) is 0 Å². The quantitative estimate of drug-likeness (QED) is 0.310. The summed E-state index contributed by atoms with van der Waals surface area (Å²) in [6, 6.07) is 15.9. The van der Waals surface area contributed by atoms with E-state index in [1.807, 2.05) is 24.3 Å². The van der Waals surface area contributed by atoms with Crippen LogP contribution in [0, 0.1) is 0 Å². The number of carbonyl (C=O) groups is 1. The number of hydrogen-bond donors (Lipinski definition) is 2. The molecule has 3 rings (SSSR count). The molecule has 2 aromatic carbocycles. The van der Waals surface area contributed by atoms with Gasteiger partial charge in [-0.2, -0.15) is 0 Å². The van der Waals surface area contributed by atoms with Gasteiger partial charge in [0.1, 0.15) is 23.1 Å². The summed E-state index contributed by atoms with van der Waals surface area (Å²) in [5, 5.41) is 6.17. The highest BCUT2D eigenvalue weighted by atomic mass is 35.6. The third kappa shape index (κ3) is 5.67. The molecule has 3 aromatic rings. The molecule has 0 fully saturated rings. The van der Waals surface area contributed by atoms with Crippen molar-refractivity contribution < 1.29 is 13.9 Å². The van der Waals surface area contributed by atoms with Crippen LogP contribution in [0.3, 0.4) is 0 Å². The molecule has 0 bridgehead atoms. The predicted octanol–water partition coefficient (Wildman–Crippen LogP) is 4.06. The number of nitrogens with one attached hydrogen (secondary N) is 2. The molecule has 1 amide bonds. The first-order chi connectivity index (χ1) is 14.3. The van der Waals surface area contributed by atoms with Crippen molar-refractivity contribution >= 4 is 51.7 Å². The summed E-state index contributed by atoms with van der Waals surface area (Å²) in [4.78, 5) is 24.9. The molecule has 0 radical (unpaired) electrons. The van der Waals surface area contributed by atoms with Crippen molar-refractivity contribution in [2.45, 2.75) is 16.4 Å². The Hall–Kier alpha value is -2.25. The second-order valence-corrected chi connectivity index (χ2v) is 8.85. The molecule has 9 heteroatoms. The van der Waals surface area contributed by atoms with Crippen LogP contribution in [0.25, 0.3) is 11.0 Å². The molecular weight excluding hydrogens is 451 g/mol. The molecule has 0 spiro atoms. The van der Waals surface area contributed by atoms with Crippen LogP contribution in [0.1, 0.15) is 15.9 Å². The highest BCUT2D eigenvalue weighted by molar-refractivity contribution is 6.68. The van der Waals surface area contributed by atoms with Crippen LogP contribution < -0.4 is 21.0 Å². The van der Waals surface area contributed by atoms with Crippen LogP contribution in [0.5, 0.6) is 5.75 Å². The molecule has 1 heterocycles. The lowest BCUT2D eigenvalue weighted by Gasteiger charge is -2.26. The molecule has 0 saturated heterocycles. The lowest BCUT2D eigenvalue weighted by Crippen LogP contribution is -2.54. The van der Waals surface area contributed by atoms with E-state index >= 15 is 0 Å². The Morgan fingerprint density at radius 2 is 1.83 bits per heavy atom. The summed E-state index contributed by atoms with van der Waals surface area (Å²) in [5.41, 5.74) is 0.472. The van der Waals surface area contributed by atoms with Gasteiger partial charge in [0, 0.05) is 11.9 Å². The van der Waals surface area contributed by atoms with Gasteiger partial charge in [-0.1, -0.05) is 65.1 Å². The number of halogens is 3. The largest absolute Gasteiger partial charge is 0.497 e. The number of amides is 1. The number of fused-ring (bicyclic) bond motifs is 1. The van der Waals surface area contributed by atoms with Gasteiger partial charge in [0.15, 0.2) is 0 Å². The fourth-order valence-electron chi connectivity index (χ4n) is 2.83.